The fourth-order valence-corrected chi connectivity index (χ4v) is 4.40. The van der Waals surface area contributed by atoms with Gasteiger partial charge in [-0.2, -0.15) is 4.31 Å². The summed E-state index contributed by atoms with van der Waals surface area (Å²) in [6.45, 7) is 4.34. The van der Waals surface area contributed by atoms with E-state index in [2.05, 4.69) is 0 Å². The van der Waals surface area contributed by atoms with Gasteiger partial charge in [0, 0.05) is 13.1 Å². The molecule has 1 heterocycles. The van der Waals surface area contributed by atoms with Crippen LogP contribution in [0.1, 0.15) is 18.9 Å². The van der Waals surface area contributed by atoms with Crippen molar-refractivity contribution in [1.29, 1.82) is 0 Å². The van der Waals surface area contributed by atoms with Crippen molar-refractivity contribution >= 4 is 21.6 Å². The molecule has 1 aliphatic heterocycles. The maximum absolute atomic E-state index is 12.5. The molecule has 1 aromatic carbocycles. The van der Waals surface area contributed by atoms with E-state index in [4.69, 9.17) is 11.6 Å². The molecule has 4 nitrogen and oxygen atoms in total. The summed E-state index contributed by atoms with van der Waals surface area (Å²) >= 11 is 6.04. The second-order valence-corrected chi connectivity index (χ2v) is 7.40. The molecule has 6 heteroatoms. The van der Waals surface area contributed by atoms with Gasteiger partial charge in [0.2, 0.25) is 10.0 Å². The SMILES string of the molecule is Cc1ccc(S(=O)(=O)N2CCC(C(C)O)C2)c(Cl)c1. The van der Waals surface area contributed by atoms with Crippen LogP contribution in [0.15, 0.2) is 23.1 Å². The predicted octanol–water partition coefficient (Wildman–Crippen LogP) is 2.04. The van der Waals surface area contributed by atoms with E-state index in [1.54, 1.807) is 25.1 Å². The van der Waals surface area contributed by atoms with Crippen molar-refractivity contribution in [3.05, 3.63) is 28.8 Å². The van der Waals surface area contributed by atoms with Crippen LogP contribution in [0.2, 0.25) is 5.02 Å². The normalized spacial score (nSPS) is 22.6. The van der Waals surface area contributed by atoms with E-state index in [0.29, 0.717) is 19.5 Å². The second kappa shape index (κ2) is 5.40. The highest BCUT2D eigenvalue weighted by molar-refractivity contribution is 7.89. The van der Waals surface area contributed by atoms with Crippen LogP contribution in [0.25, 0.3) is 0 Å². The van der Waals surface area contributed by atoms with E-state index >= 15 is 0 Å². The summed E-state index contributed by atoms with van der Waals surface area (Å²) in [7, 11) is -3.56. The fourth-order valence-electron chi connectivity index (χ4n) is 2.32. The maximum Gasteiger partial charge on any atom is 0.244 e. The summed E-state index contributed by atoms with van der Waals surface area (Å²) in [6, 6.07) is 4.93. The number of nitrogens with zero attached hydrogens (tertiary/aromatic N) is 1. The van der Waals surface area contributed by atoms with Gasteiger partial charge in [-0.3, -0.25) is 0 Å². The van der Waals surface area contributed by atoms with Crippen molar-refractivity contribution in [2.75, 3.05) is 13.1 Å². The van der Waals surface area contributed by atoms with Gasteiger partial charge in [0.25, 0.3) is 0 Å². The molecular formula is C13H18ClNO3S. The number of aryl methyl sites for hydroxylation is 1. The van der Waals surface area contributed by atoms with Gasteiger partial charge >= 0.3 is 0 Å². The first-order valence-electron chi connectivity index (χ1n) is 6.26. The Hall–Kier alpha value is -0.620. The third-order valence-corrected chi connectivity index (χ3v) is 5.92. The topological polar surface area (TPSA) is 57.6 Å². The van der Waals surface area contributed by atoms with Crippen molar-refractivity contribution in [1.82, 2.24) is 4.31 Å². The Bertz CT molecular complexity index is 571. The first kappa shape index (κ1) is 14.8. The molecule has 0 aliphatic carbocycles. The Morgan fingerprint density at radius 2 is 2.16 bits per heavy atom. The molecule has 2 atom stereocenters. The second-order valence-electron chi connectivity index (χ2n) is 5.09. The van der Waals surface area contributed by atoms with Gasteiger partial charge in [-0.05, 0) is 43.9 Å². The van der Waals surface area contributed by atoms with Crippen molar-refractivity contribution < 1.29 is 13.5 Å². The molecule has 0 saturated carbocycles. The maximum atomic E-state index is 12.5. The van der Waals surface area contributed by atoms with Crippen molar-refractivity contribution in [2.45, 2.75) is 31.3 Å². The molecule has 0 bridgehead atoms. The minimum atomic E-state index is -3.56. The van der Waals surface area contributed by atoms with E-state index in [0.717, 1.165) is 5.56 Å². The van der Waals surface area contributed by atoms with Gasteiger partial charge in [-0.1, -0.05) is 17.7 Å². The van der Waals surface area contributed by atoms with Crippen molar-refractivity contribution in [3.8, 4) is 0 Å². The highest BCUT2D eigenvalue weighted by Gasteiger charge is 2.35. The third kappa shape index (κ3) is 2.94. The monoisotopic (exact) mass is 303 g/mol. The van der Waals surface area contributed by atoms with Crippen LogP contribution in [0.4, 0.5) is 0 Å². The number of aliphatic hydroxyl groups is 1. The average molecular weight is 304 g/mol. The number of aliphatic hydroxyl groups excluding tert-OH is 1. The zero-order valence-electron chi connectivity index (χ0n) is 11.0. The average Bonchev–Trinajstić information content (AvgIpc) is 2.78. The van der Waals surface area contributed by atoms with Gasteiger partial charge in [0.1, 0.15) is 4.90 Å². The lowest BCUT2D eigenvalue weighted by Crippen LogP contribution is -2.30. The zero-order chi connectivity index (χ0) is 14.2. The smallest absolute Gasteiger partial charge is 0.244 e. The quantitative estimate of drug-likeness (QED) is 0.929. The molecule has 1 saturated heterocycles. The summed E-state index contributed by atoms with van der Waals surface area (Å²) in [5.41, 5.74) is 0.923. The Kier molecular flexibility index (Phi) is 4.20. The minimum absolute atomic E-state index is 0.000927. The molecular weight excluding hydrogens is 286 g/mol. The van der Waals surface area contributed by atoms with E-state index in [1.807, 2.05) is 6.92 Å². The molecule has 1 N–H and O–H groups in total. The van der Waals surface area contributed by atoms with Crippen molar-refractivity contribution in [3.63, 3.8) is 0 Å². The Morgan fingerprint density at radius 1 is 1.47 bits per heavy atom. The first-order chi connectivity index (χ1) is 8.82. The predicted molar refractivity (Wildman–Crippen MR) is 74.7 cm³/mol. The van der Waals surface area contributed by atoms with Crippen molar-refractivity contribution in [2.24, 2.45) is 5.92 Å². The number of hydrogen-bond acceptors (Lipinski definition) is 3. The molecule has 2 unspecified atom stereocenters. The molecule has 2 rings (SSSR count). The van der Waals surface area contributed by atoms with Gasteiger partial charge in [-0.15, -0.1) is 0 Å². The molecule has 1 aromatic rings. The lowest BCUT2D eigenvalue weighted by molar-refractivity contribution is 0.133. The molecule has 1 aliphatic rings. The zero-order valence-corrected chi connectivity index (χ0v) is 12.6. The van der Waals surface area contributed by atoms with Crippen LogP contribution in [0, 0.1) is 12.8 Å². The molecule has 0 spiro atoms. The summed E-state index contributed by atoms with van der Waals surface area (Å²) < 4.78 is 26.4. The van der Waals surface area contributed by atoms with Crippen LogP contribution in [0.5, 0.6) is 0 Å². The third-order valence-electron chi connectivity index (χ3n) is 3.57. The number of rotatable bonds is 3. The first-order valence-corrected chi connectivity index (χ1v) is 8.08. The number of halogens is 1. The van der Waals surface area contributed by atoms with Crippen LogP contribution in [0.3, 0.4) is 0 Å². The minimum Gasteiger partial charge on any atom is -0.393 e. The standard InChI is InChI=1S/C13H18ClNO3S/c1-9-3-4-13(12(14)7-9)19(17,18)15-6-5-11(8-15)10(2)16/h3-4,7,10-11,16H,5-6,8H2,1-2H3. The van der Waals surface area contributed by atoms with Gasteiger partial charge < -0.3 is 5.11 Å². The molecule has 0 radical (unpaired) electrons. The number of benzene rings is 1. The lowest BCUT2D eigenvalue weighted by Gasteiger charge is -2.18. The highest BCUT2D eigenvalue weighted by Crippen LogP contribution is 2.30. The Balaban J connectivity index is 2.29. The Morgan fingerprint density at radius 3 is 2.68 bits per heavy atom. The van der Waals surface area contributed by atoms with Crippen LogP contribution < -0.4 is 0 Å². The largest absolute Gasteiger partial charge is 0.393 e. The van der Waals surface area contributed by atoms with Gasteiger partial charge in [0.05, 0.1) is 11.1 Å². The molecule has 19 heavy (non-hydrogen) atoms. The van der Waals surface area contributed by atoms with Crippen LogP contribution in [-0.2, 0) is 10.0 Å². The van der Waals surface area contributed by atoms with E-state index in [9.17, 15) is 13.5 Å². The number of sulfonamides is 1. The summed E-state index contributed by atoms with van der Waals surface area (Å²) in [4.78, 5) is 0.144. The van der Waals surface area contributed by atoms with Crippen LogP contribution >= 0.6 is 11.6 Å². The van der Waals surface area contributed by atoms with E-state index in [1.165, 1.54) is 4.31 Å². The fraction of sp³-hybridized carbons (Fsp3) is 0.538. The Labute approximate surface area is 119 Å². The van der Waals surface area contributed by atoms with Crippen LogP contribution in [-0.4, -0.2) is 37.0 Å². The molecule has 1 fully saturated rings. The number of hydrogen-bond donors (Lipinski definition) is 1. The van der Waals surface area contributed by atoms with E-state index < -0.39 is 16.1 Å². The molecule has 106 valence electrons. The van der Waals surface area contributed by atoms with Gasteiger partial charge in [-0.25, -0.2) is 8.42 Å². The van der Waals surface area contributed by atoms with Gasteiger partial charge in [0.15, 0.2) is 0 Å². The molecule has 0 amide bonds. The summed E-state index contributed by atoms with van der Waals surface area (Å²) in [5.74, 6) is -0.000927. The summed E-state index contributed by atoms with van der Waals surface area (Å²) in [6.07, 6.45) is 0.189. The molecule has 0 aromatic heterocycles. The highest BCUT2D eigenvalue weighted by atomic mass is 35.5. The van der Waals surface area contributed by atoms with E-state index in [-0.39, 0.29) is 15.8 Å². The lowest BCUT2D eigenvalue weighted by atomic mass is 10.0. The summed E-state index contributed by atoms with van der Waals surface area (Å²) in [5, 5.41) is 9.80.